The lowest BCUT2D eigenvalue weighted by molar-refractivity contribution is 0.415. The molecule has 0 radical (unpaired) electrons. The lowest BCUT2D eigenvalue weighted by Crippen LogP contribution is -2.04. The molecule has 1 aliphatic carbocycles. The van der Waals surface area contributed by atoms with Crippen LogP contribution in [0.4, 0.5) is 4.39 Å². The SMILES string of the molecule is COc1ccc(-c2nc(-c3nn(-c4ccccc4F)c4c3CCC4)n(C)n2)cc1. The second kappa shape index (κ2) is 6.84. The molecule has 0 atom stereocenters. The van der Waals surface area contributed by atoms with E-state index in [1.807, 2.05) is 37.4 Å². The first-order chi connectivity index (χ1) is 14.2. The molecule has 2 aromatic carbocycles. The highest BCUT2D eigenvalue weighted by molar-refractivity contribution is 5.64. The van der Waals surface area contributed by atoms with Gasteiger partial charge in [-0.2, -0.15) is 10.2 Å². The van der Waals surface area contributed by atoms with E-state index in [0.29, 0.717) is 17.3 Å². The molecule has 5 rings (SSSR count). The first-order valence-electron chi connectivity index (χ1n) is 9.57. The number of methoxy groups -OCH3 is 1. The molecule has 0 N–H and O–H groups in total. The highest BCUT2D eigenvalue weighted by Gasteiger charge is 2.27. The zero-order valence-corrected chi connectivity index (χ0v) is 16.3. The van der Waals surface area contributed by atoms with Gasteiger partial charge in [0.1, 0.15) is 22.9 Å². The summed E-state index contributed by atoms with van der Waals surface area (Å²) < 4.78 is 23.1. The molecule has 4 aromatic rings. The van der Waals surface area contributed by atoms with Crippen LogP contribution in [0.5, 0.6) is 5.75 Å². The first kappa shape index (κ1) is 17.6. The van der Waals surface area contributed by atoms with Crippen molar-refractivity contribution >= 4 is 0 Å². The van der Waals surface area contributed by atoms with Crippen molar-refractivity contribution in [2.24, 2.45) is 7.05 Å². The Balaban J connectivity index is 1.61. The van der Waals surface area contributed by atoms with Crippen LogP contribution < -0.4 is 4.74 Å². The molecule has 29 heavy (non-hydrogen) atoms. The summed E-state index contributed by atoms with van der Waals surface area (Å²) in [6.45, 7) is 0. The average Bonchev–Trinajstić information content (AvgIpc) is 3.44. The van der Waals surface area contributed by atoms with Crippen molar-refractivity contribution in [3.8, 4) is 34.3 Å². The summed E-state index contributed by atoms with van der Waals surface area (Å²) in [6, 6.07) is 14.4. The first-order valence-corrected chi connectivity index (χ1v) is 9.57. The van der Waals surface area contributed by atoms with Gasteiger partial charge in [0.25, 0.3) is 0 Å². The van der Waals surface area contributed by atoms with Gasteiger partial charge >= 0.3 is 0 Å². The van der Waals surface area contributed by atoms with Crippen LogP contribution in [-0.2, 0) is 19.9 Å². The summed E-state index contributed by atoms with van der Waals surface area (Å²) in [5.74, 6) is 1.81. The zero-order valence-electron chi connectivity index (χ0n) is 16.3. The van der Waals surface area contributed by atoms with Crippen LogP contribution in [0.1, 0.15) is 17.7 Å². The van der Waals surface area contributed by atoms with E-state index in [1.165, 1.54) is 6.07 Å². The Hall–Kier alpha value is -3.48. The zero-order chi connectivity index (χ0) is 20.0. The van der Waals surface area contributed by atoms with Crippen molar-refractivity contribution in [3.63, 3.8) is 0 Å². The monoisotopic (exact) mass is 389 g/mol. The summed E-state index contributed by atoms with van der Waals surface area (Å²) in [4.78, 5) is 4.75. The standard InChI is InChI=1S/C22H20FN5O/c1-27-22(24-21(26-27)14-10-12-15(29-2)13-11-14)20-16-6-5-9-18(16)28(25-20)19-8-4-3-7-17(19)23/h3-4,7-8,10-13H,5-6,9H2,1-2H3. The maximum atomic E-state index is 14.4. The van der Waals surface area contributed by atoms with Gasteiger partial charge in [-0.25, -0.2) is 18.7 Å². The second-order valence-electron chi connectivity index (χ2n) is 7.10. The van der Waals surface area contributed by atoms with Gasteiger partial charge in [-0.3, -0.25) is 0 Å². The molecule has 0 aliphatic heterocycles. The molecule has 0 amide bonds. The van der Waals surface area contributed by atoms with Gasteiger partial charge in [0.05, 0.1) is 7.11 Å². The smallest absolute Gasteiger partial charge is 0.181 e. The Morgan fingerprint density at radius 1 is 1.00 bits per heavy atom. The molecular weight excluding hydrogens is 369 g/mol. The number of nitrogens with zero attached hydrogens (tertiary/aromatic N) is 5. The summed E-state index contributed by atoms with van der Waals surface area (Å²) >= 11 is 0. The fourth-order valence-corrected chi connectivity index (χ4v) is 3.89. The van der Waals surface area contributed by atoms with Gasteiger partial charge < -0.3 is 4.74 Å². The molecule has 0 saturated heterocycles. The normalized spacial score (nSPS) is 12.9. The van der Waals surface area contributed by atoms with Crippen molar-refractivity contribution in [1.29, 1.82) is 0 Å². The van der Waals surface area contributed by atoms with Gasteiger partial charge in [-0.1, -0.05) is 12.1 Å². The maximum Gasteiger partial charge on any atom is 0.181 e. The Bertz CT molecular complexity index is 1190. The minimum atomic E-state index is -0.284. The topological polar surface area (TPSA) is 57.8 Å². The summed E-state index contributed by atoms with van der Waals surface area (Å²) in [6.07, 6.45) is 2.81. The van der Waals surface area contributed by atoms with Crippen LogP contribution in [0.3, 0.4) is 0 Å². The Kier molecular flexibility index (Phi) is 4.16. The lowest BCUT2D eigenvalue weighted by Gasteiger charge is -2.06. The molecule has 0 spiro atoms. The molecule has 0 saturated carbocycles. The third-order valence-electron chi connectivity index (χ3n) is 5.33. The van der Waals surface area contributed by atoms with Crippen LogP contribution in [0, 0.1) is 5.82 Å². The van der Waals surface area contributed by atoms with Gasteiger partial charge in [0.2, 0.25) is 0 Å². The third kappa shape index (κ3) is 2.90. The Morgan fingerprint density at radius 2 is 1.79 bits per heavy atom. The number of ether oxygens (including phenoxy) is 1. The minimum Gasteiger partial charge on any atom is -0.497 e. The van der Waals surface area contributed by atoms with Gasteiger partial charge in [-0.05, 0) is 55.7 Å². The molecule has 0 bridgehead atoms. The van der Waals surface area contributed by atoms with Crippen molar-refractivity contribution in [3.05, 3.63) is 65.6 Å². The summed E-state index contributed by atoms with van der Waals surface area (Å²) in [5, 5.41) is 9.34. The van der Waals surface area contributed by atoms with Gasteiger partial charge in [0.15, 0.2) is 11.6 Å². The van der Waals surface area contributed by atoms with Gasteiger partial charge in [-0.15, -0.1) is 0 Å². The minimum absolute atomic E-state index is 0.284. The number of aromatic nitrogens is 5. The molecule has 2 aromatic heterocycles. The fraction of sp³-hybridized carbons (Fsp3) is 0.227. The Labute approximate surface area is 167 Å². The second-order valence-corrected chi connectivity index (χ2v) is 7.10. The van der Waals surface area contributed by atoms with Gasteiger partial charge in [0, 0.05) is 23.9 Å². The summed E-state index contributed by atoms with van der Waals surface area (Å²) in [7, 11) is 3.50. The largest absolute Gasteiger partial charge is 0.497 e. The van der Waals surface area contributed by atoms with E-state index in [9.17, 15) is 4.39 Å². The highest BCUT2D eigenvalue weighted by Crippen LogP contribution is 2.34. The number of rotatable bonds is 4. The molecule has 7 heteroatoms. The predicted molar refractivity (Wildman–Crippen MR) is 108 cm³/mol. The van der Waals surface area contributed by atoms with Crippen molar-refractivity contribution < 1.29 is 9.13 Å². The predicted octanol–water partition coefficient (Wildman–Crippen LogP) is 3.97. The van der Waals surface area contributed by atoms with Crippen molar-refractivity contribution in [2.75, 3.05) is 7.11 Å². The maximum absolute atomic E-state index is 14.4. The Morgan fingerprint density at radius 3 is 2.55 bits per heavy atom. The van der Waals surface area contributed by atoms with E-state index in [2.05, 4.69) is 5.10 Å². The van der Waals surface area contributed by atoms with Crippen LogP contribution in [-0.4, -0.2) is 31.7 Å². The highest BCUT2D eigenvalue weighted by atomic mass is 19.1. The molecule has 1 aliphatic rings. The van der Waals surface area contributed by atoms with E-state index in [4.69, 9.17) is 14.8 Å². The summed E-state index contributed by atoms with van der Waals surface area (Å²) in [5.41, 5.74) is 4.33. The van der Waals surface area contributed by atoms with E-state index < -0.39 is 0 Å². The molecule has 6 nitrogen and oxygen atoms in total. The van der Waals surface area contributed by atoms with E-state index >= 15 is 0 Å². The van der Waals surface area contributed by atoms with Crippen molar-refractivity contribution in [1.82, 2.24) is 24.5 Å². The van der Waals surface area contributed by atoms with E-state index in [-0.39, 0.29) is 5.82 Å². The van der Waals surface area contributed by atoms with E-state index in [1.54, 1.807) is 28.6 Å². The molecule has 0 fully saturated rings. The number of aryl methyl sites for hydroxylation is 1. The number of halogens is 1. The fourth-order valence-electron chi connectivity index (χ4n) is 3.89. The number of hydrogen-bond acceptors (Lipinski definition) is 4. The lowest BCUT2D eigenvalue weighted by atomic mass is 10.2. The quantitative estimate of drug-likeness (QED) is 0.530. The van der Waals surface area contributed by atoms with E-state index in [0.717, 1.165) is 47.5 Å². The number of fused-ring (bicyclic) bond motifs is 1. The number of hydrogen-bond donors (Lipinski definition) is 0. The molecule has 0 unspecified atom stereocenters. The third-order valence-corrected chi connectivity index (χ3v) is 5.33. The van der Waals surface area contributed by atoms with Crippen LogP contribution in [0.15, 0.2) is 48.5 Å². The van der Waals surface area contributed by atoms with Crippen LogP contribution in [0.2, 0.25) is 0 Å². The van der Waals surface area contributed by atoms with Crippen LogP contribution in [0.25, 0.3) is 28.6 Å². The number of benzene rings is 2. The van der Waals surface area contributed by atoms with Crippen molar-refractivity contribution in [2.45, 2.75) is 19.3 Å². The molecule has 146 valence electrons. The van der Waals surface area contributed by atoms with Crippen LogP contribution >= 0.6 is 0 Å². The molecular formula is C22H20FN5O. The average molecular weight is 389 g/mol. The number of para-hydroxylation sites is 1. The molecule has 2 heterocycles.